The molecule has 0 bridgehead atoms. The van der Waals surface area contributed by atoms with Crippen molar-refractivity contribution >= 4 is 11.8 Å². The quantitative estimate of drug-likeness (QED) is 0.897. The molecule has 0 saturated heterocycles. The van der Waals surface area contributed by atoms with Crippen molar-refractivity contribution in [2.45, 2.75) is 19.9 Å². The summed E-state index contributed by atoms with van der Waals surface area (Å²) in [4.78, 5) is 14.7. The molecule has 1 heterocycles. The standard InChI is InChI=1S/C15H15FN2O2/c1-9-3-5-11(6-4-9)10(2)18-14-13(16)12(15(19)20)7-8-17-14/h3-8,10H,1-2H3,(H,17,18)(H,19,20). The minimum atomic E-state index is -1.31. The highest BCUT2D eigenvalue weighted by atomic mass is 19.1. The van der Waals surface area contributed by atoms with Gasteiger partial charge in [0.2, 0.25) is 0 Å². The van der Waals surface area contributed by atoms with Gasteiger partial charge in [-0.2, -0.15) is 0 Å². The number of carboxylic acid groups (broad SMARTS) is 1. The van der Waals surface area contributed by atoms with Gasteiger partial charge in [-0.1, -0.05) is 29.8 Å². The van der Waals surface area contributed by atoms with Gasteiger partial charge < -0.3 is 10.4 Å². The van der Waals surface area contributed by atoms with E-state index in [0.717, 1.165) is 17.2 Å². The number of aromatic nitrogens is 1. The van der Waals surface area contributed by atoms with Crippen LogP contribution in [0.4, 0.5) is 10.2 Å². The van der Waals surface area contributed by atoms with Gasteiger partial charge in [-0.05, 0) is 25.5 Å². The van der Waals surface area contributed by atoms with Crippen molar-refractivity contribution in [1.82, 2.24) is 4.98 Å². The van der Waals surface area contributed by atoms with Gasteiger partial charge in [0.1, 0.15) is 5.56 Å². The van der Waals surface area contributed by atoms with Crippen molar-refractivity contribution in [2.75, 3.05) is 5.32 Å². The number of nitrogens with one attached hydrogen (secondary N) is 1. The van der Waals surface area contributed by atoms with Crippen molar-refractivity contribution in [1.29, 1.82) is 0 Å². The first-order chi connectivity index (χ1) is 9.49. The maximum atomic E-state index is 14.0. The number of aryl methyl sites for hydroxylation is 1. The van der Waals surface area contributed by atoms with E-state index in [2.05, 4.69) is 10.3 Å². The summed E-state index contributed by atoms with van der Waals surface area (Å²) in [5.74, 6) is -2.21. The van der Waals surface area contributed by atoms with E-state index < -0.39 is 17.3 Å². The van der Waals surface area contributed by atoms with Crippen molar-refractivity contribution in [2.24, 2.45) is 0 Å². The summed E-state index contributed by atoms with van der Waals surface area (Å²) < 4.78 is 14.0. The van der Waals surface area contributed by atoms with Crippen LogP contribution < -0.4 is 5.32 Å². The highest BCUT2D eigenvalue weighted by Crippen LogP contribution is 2.22. The Bertz CT molecular complexity index is 626. The van der Waals surface area contributed by atoms with Crippen LogP contribution in [0.25, 0.3) is 0 Å². The van der Waals surface area contributed by atoms with E-state index in [1.165, 1.54) is 6.20 Å². The molecule has 0 amide bonds. The molecular formula is C15H15FN2O2. The number of halogens is 1. The molecule has 0 radical (unpaired) electrons. The average molecular weight is 274 g/mol. The van der Waals surface area contributed by atoms with Gasteiger partial charge in [-0.3, -0.25) is 0 Å². The number of hydrogen-bond acceptors (Lipinski definition) is 3. The van der Waals surface area contributed by atoms with E-state index in [1.807, 2.05) is 38.1 Å². The van der Waals surface area contributed by atoms with Gasteiger partial charge in [0.25, 0.3) is 0 Å². The third-order valence-corrected chi connectivity index (χ3v) is 3.05. The molecule has 0 fully saturated rings. The number of anilines is 1. The lowest BCUT2D eigenvalue weighted by Crippen LogP contribution is -2.12. The normalized spacial score (nSPS) is 11.9. The Morgan fingerprint density at radius 3 is 2.55 bits per heavy atom. The second-order valence-electron chi connectivity index (χ2n) is 4.60. The Morgan fingerprint density at radius 2 is 1.95 bits per heavy atom. The summed E-state index contributed by atoms with van der Waals surface area (Å²) >= 11 is 0. The topological polar surface area (TPSA) is 62.2 Å². The molecule has 4 nitrogen and oxygen atoms in total. The summed E-state index contributed by atoms with van der Waals surface area (Å²) in [6.07, 6.45) is 1.27. The number of nitrogens with zero attached hydrogens (tertiary/aromatic N) is 1. The number of rotatable bonds is 4. The monoisotopic (exact) mass is 274 g/mol. The minimum Gasteiger partial charge on any atom is -0.478 e. The summed E-state index contributed by atoms with van der Waals surface area (Å²) in [6.45, 7) is 3.85. The zero-order valence-corrected chi connectivity index (χ0v) is 11.2. The summed E-state index contributed by atoms with van der Waals surface area (Å²) in [6, 6.07) is 8.76. The molecule has 2 rings (SSSR count). The van der Waals surface area contributed by atoms with Crippen LogP contribution in [0.15, 0.2) is 36.5 Å². The average Bonchev–Trinajstić information content (AvgIpc) is 2.41. The fourth-order valence-electron chi connectivity index (χ4n) is 1.85. The highest BCUT2D eigenvalue weighted by Gasteiger charge is 2.16. The molecule has 1 aromatic carbocycles. The van der Waals surface area contributed by atoms with Crippen LogP contribution in [0.3, 0.4) is 0 Å². The van der Waals surface area contributed by atoms with E-state index in [9.17, 15) is 9.18 Å². The molecule has 0 aliphatic rings. The zero-order chi connectivity index (χ0) is 14.7. The van der Waals surface area contributed by atoms with Gasteiger partial charge in [0.15, 0.2) is 11.6 Å². The second kappa shape index (κ2) is 5.69. The van der Waals surface area contributed by atoms with Crippen LogP contribution in [0, 0.1) is 12.7 Å². The van der Waals surface area contributed by atoms with Gasteiger partial charge in [-0.15, -0.1) is 0 Å². The third-order valence-electron chi connectivity index (χ3n) is 3.05. The van der Waals surface area contributed by atoms with E-state index in [1.54, 1.807) is 0 Å². The van der Waals surface area contributed by atoms with E-state index in [0.29, 0.717) is 0 Å². The maximum absolute atomic E-state index is 14.0. The largest absolute Gasteiger partial charge is 0.478 e. The van der Waals surface area contributed by atoms with Crippen LogP contribution in [-0.2, 0) is 0 Å². The molecule has 0 aliphatic carbocycles. The lowest BCUT2D eigenvalue weighted by molar-refractivity contribution is 0.0692. The number of benzene rings is 1. The van der Waals surface area contributed by atoms with Crippen LogP contribution in [0.2, 0.25) is 0 Å². The molecule has 104 valence electrons. The van der Waals surface area contributed by atoms with Crippen molar-refractivity contribution in [3.63, 3.8) is 0 Å². The molecule has 1 unspecified atom stereocenters. The van der Waals surface area contributed by atoms with Crippen molar-refractivity contribution < 1.29 is 14.3 Å². The molecule has 5 heteroatoms. The summed E-state index contributed by atoms with van der Waals surface area (Å²) in [5, 5.41) is 11.8. The Labute approximate surface area is 116 Å². The first kappa shape index (κ1) is 14.0. The van der Waals surface area contributed by atoms with Crippen molar-refractivity contribution in [3.8, 4) is 0 Å². The predicted molar refractivity (Wildman–Crippen MR) is 74.4 cm³/mol. The summed E-state index contributed by atoms with van der Waals surface area (Å²) in [7, 11) is 0. The van der Waals surface area contributed by atoms with Gasteiger partial charge in [-0.25, -0.2) is 14.2 Å². The van der Waals surface area contributed by atoms with Gasteiger partial charge in [0, 0.05) is 6.20 Å². The van der Waals surface area contributed by atoms with Crippen LogP contribution >= 0.6 is 0 Å². The van der Waals surface area contributed by atoms with E-state index in [4.69, 9.17) is 5.11 Å². The second-order valence-corrected chi connectivity index (χ2v) is 4.60. The lowest BCUT2D eigenvalue weighted by atomic mass is 10.1. The number of carbonyl (C=O) groups is 1. The zero-order valence-electron chi connectivity index (χ0n) is 11.2. The maximum Gasteiger partial charge on any atom is 0.338 e. The van der Waals surface area contributed by atoms with Gasteiger partial charge >= 0.3 is 5.97 Å². The molecular weight excluding hydrogens is 259 g/mol. The summed E-state index contributed by atoms with van der Waals surface area (Å²) in [5.41, 5.74) is 1.72. The Balaban J connectivity index is 2.23. The number of aromatic carboxylic acids is 1. The number of carboxylic acids is 1. The van der Waals surface area contributed by atoms with E-state index >= 15 is 0 Å². The minimum absolute atomic E-state index is 0.0574. The van der Waals surface area contributed by atoms with Crippen LogP contribution in [-0.4, -0.2) is 16.1 Å². The Morgan fingerprint density at radius 1 is 1.30 bits per heavy atom. The molecule has 20 heavy (non-hydrogen) atoms. The molecule has 1 aromatic heterocycles. The molecule has 2 aromatic rings. The molecule has 0 spiro atoms. The smallest absolute Gasteiger partial charge is 0.338 e. The predicted octanol–water partition coefficient (Wildman–Crippen LogP) is 3.40. The Hall–Kier alpha value is -2.43. The number of pyridine rings is 1. The van der Waals surface area contributed by atoms with Crippen molar-refractivity contribution in [3.05, 3.63) is 59.0 Å². The fourth-order valence-corrected chi connectivity index (χ4v) is 1.85. The van der Waals surface area contributed by atoms with E-state index in [-0.39, 0.29) is 11.9 Å². The first-order valence-corrected chi connectivity index (χ1v) is 6.20. The first-order valence-electron chi connectivity index (χ1n) is 6.20. The fraction of sp³-hybridized carbons (Fsp3) is 0.200. The SMILES string of the molecule is Cc1ccc(C(C)Nc2nccc(C(=O)O)c2F)cc1. The van der Waals surface area contributed by atoms with Crippen LogP contribution in [0.1, 0.15) is 34.5 Å². The Kier molecular flexibility index (Phi) is 3.98. The molecule has 0 aliphatic heterocycles. The molecule has 1 atom stereocenters. The van der Waals surface area contributed by atoms with Gasteiger partial charge in [0.05, 0.1) is 6.04 Å². The molecule has 2 N–H and O–H groups in total. The lowest BCUT2D eigenvalue weighted by Gasteiger charge is -2.16. The highest BCUT2D eigenvalue weighted by molar-refractivity contribution is 5.88. The van der Waals surface area contributed by atoms with Crippen LogP contribution in [0.5, 0.6) is 0 Å². The third kappa shape index (κ3) is 2.93. The number of hydrogen-bond donors (Lipinski definition) is 2. The molecule has 0 saturated carbocycles.